The number of nitrogens with zero attached hydrogens (tertiary/aromatic N) is 1. The summed E-state index contributed by atoms with van der Waals surface area (Å²) in [6, 6.07) is 0.128. The second-order valence-electron chi connectivity index (χ2n) is 3.46. The highest BCUT2D eigenvalue weighted by Crippen LogP contribution is 2.09. The highest BCUT2D eigenvalue weighted by molar-refractivity contribution is 5.67. The van der Waals surface area contributed by atoms with Gasteiger partial charge in [-0.25, -0.2) is 4.79 Å². The van der Waals surface area contributed by atoms with E-state index in [1.807, 2.05) is 6.92 Å². The Kier molecular flexibility index (Phi) is 4.02. The number of carbonyl (C=O) groups is 1. The van der Waals surface area contributed by atoms with Crippen LogP contribution in [0, 0.1) is 0 Å². The molecule has 1 aliphatic heterocycles. The predicted molar refractivity (Wildman–Crippen MR) is 50.4 cm³/mol. The normalized spacial score (nSPS) is 22.9. The van der Waals surface area contributed by atoms with Crippen LogP contribution in [-0.2, 0) is 4.74 Å². The van der Waals surface area contributed by atoms with Crippen molar-refractivity contribution in [2.75, 3.05) is 19.7 Å². The van der Waals surface area contributed by atoms with Crippen LogP contribution >= 0.6 is 0 Å². The van der Waals surface area contributed by atoms with Gasteiger partial charge in [-0.05, 0) is 19.3 Å². The number of rotatable bonds is 2. The zero-order valence-corrected chi connectivity index (χ0v) is 8.16. The van der Waals surface area contributed by atoms with Crippen LogP contribution in [0.1, 0.15) is 26.2 Å². The third-order valence-electron chi connectivity index (χ3n) is 2.15. The minimum Gasteiger partial charge on any atom is -0.449 e. The molecule has 1 heterocycles. The summed E-state index contributed by atoms with van der Waals surface area (Å²) in [4.78, 5) is 13.0. The summed E-state index contributed by atoms with van der Waals surface area (Å²) < 4.78 is 5.01. The summed E-state index contributed by atoms with van der Waals surface area (Å²) >= 11 is 0. The number of ether oxygens (including phenoxy) is 1. The largest absolute Gasteiger partial charge is 0.449 e. The topological polar surface area (TPSA) is 55.6 Å². The van der Waals surface area contributed by atoms with Gasteiger partial charge in [-0.3, -0.25) is 0 Å². The maximum atomic E-state index is 11.4. The summed E-state index contributed by atoms with van der Waals surface area (Å²) in [6.45, 7) is 3.92. The molecule has 0 aromatic carbocycles. The van der Waals surface area contributed by atoms with Crippen LogP contribution in [0.25, 0.3) is 0 Å². The predicted octanol–water partition coefficient (Wildman–Crippen LogP) is 0.956. The van der Waals surface area contributed by atoms with Gasteiger partial charge in [0.05, 0.1) is 6.61 Å². The Morgan fingerprint density at radius 3 is 3.08 bits per heavy atom. The van der Waals surface area contributed by atoms with Gasteiger partial charge in [-0.15, -0.1) is 0 Å². The molecular weight excluding hydrogens is 168 g/mol. The molecule has 13 heavy (non-hydrogen) atoms. The van der Waals surface area contributed by atoms with Crippen LogP contribution in [0.2, 0.25) is 0 Å². The molecule has 0 saturated carbocycles. The first-order valence-corrected chi connectivity index (χ1v) is 4.91. The van der Waals surface area contributed by atoms with Gasteiger partial charge in [0.15, 0.2) is 0 Å². The molecule has 1 saturated heterocycles. The molecule has 0 aliphatic carbocycles. The van der Waals surface area contributed by atoms with Crippen molar-refractivity contribution in [1.82, 2.24) is 4.90 Å². The summed E-state index contributed by atoms with van der Waals surface area (Å²) in [5.74, 6) is 0. The van der Waals surface area contributed by atoms with Gasteiger partial charge in [0.1, 0.15) is 0 Å². The van der Waals surface area contributed by atoms with Gasteiger partial charge in [0.25, 0.3) is 0 Å². The van der Waals surface area contributed by atoms with E-state index in [2.05, 4.69) is 0 Å². The lowest BCUT2D eigenvalue weighted by atomic mass is 10.1. The molecule has 0 radical (unpaired) electrons. The van der Waals surface area contributed by atoms with Gasteiger partial charge in [0.2, 0.25) is 0 Å². The second kappa shape index (κ2) is 5.07. The zero-order valence-electron chi connectivity index (χ0n) is 8.16. The van der Waals surface area contributed by atoms with Crippen LogP contribution in [0.3, 0.4) is 0 Å². The monoisotopic (exact) mass is 186 g/mol. The number of amides is 1. The molecule has 0 spiro atoms. The Morgan fingerprint density at radius 2 is 2.46 bits per heavy atom. The minimum atomic E-state index is -0.211. The molecule has 4 heteroatoms. The van der Waals surface area contributed by atoms with E-state index in [0.717, 1.165) is 25.8 Å². The number of hydrogen-bond acceptors (Lipinski definition) is 3. The Hall–Kier alpha value is -0.770. The minimum absolute atomic E-state index is 0.128. The molecule has 0 bridgehead atoms. The third kappa shape index (κ3) is 3.22. The fraction of sp³-hybridized carbons (Fsp3) is 0.889. The summed E-state index contributed by atoms with van der Waals surface area (Å²) in [5.41, 5.74) is 5.74. The molecule has 0 unspecified atom stereocenters. The Bertz CT molecular complexity index is 173. The molecule has 2 N–H and O–H groups in total. The first-order chi connectivity index (χ1) is 6.24. The smallest absolute Gasteiger partial charge is 0.409 e. The standard InChI is InChI=1S/C9H18N2O2/c1-2-6-13-9(12)11-5-3-4-8(10)7-11/h8H,2-7,10H2,1H3/t8-/m0/s1. The highest BCUT2D eigenvalue weighted by Gasteiger charge is 2.21. The number of nitrogens with two attached hydrogens (primary N) is 1. The lowest BCUT2D eigenvalue weighted by molar-refractivity contribution is 0.0919. The van der Waals surface area contributed by atoms with Crippen LogP contribution in [0.15, 0.2) is 0 Å². The second-order valence-corrected chi connectivity index (χ2v) is 3.46. The molecule has 0 aromatic heterocycles. The lowest BCUT2D eigenvalue weighted by Gasteiger charge is -2.29. The van der Waals surface area contributed by atoms with Crippen LogP contribution in [0.4, 0.5) is 4.79 Å². The first kappa shape index (κ1) is 10.3. The molecular formula is C9H18N2O2. The number of hydrogen-bond donors (Lipinski definition) is 1. The molecule has 1 amide bonds. The van der Waals surface area contributed by atoms with Gasteiger partial charge in [0, 0.05) is 19.1 Å². The van der Waals surface area contributed by atoms with Crippen molar-refractivity contribution >= 4 is 6.09 Å². The van der Waals surface area contributed by atoms with Crippen molar-refractivity contribution < 1.29 is 9.53 Å². The van der Waals surface area contributed by atoms with Crippen molar-refractivity contribution in [3.05, 3.63) is 0 Å². The molecule has 1 fully saturated rings. The van der Waals surface area contributed by atoms with Crippen LogP contribution in [0.5, 0.6) is 0 Å². The van der Waals surface area contributed by atoms with Crippen molar-refractivity contribution in [2.24, 2.45) is 5.73 Å². The van der Waals surface area contributed by atoms with Gasteiger partial charge in [-0.1, -0.05) is 6.92 Å². The summed E-state index contributed by atoms with van der Waals surface area (Å²) in [7, 11) is 0. The summed E-state index contributed by atoms with van der Waals surface area (Å²) in [5, 5.41) is 0. The quantitative estimate of drug-likeness (QED) is 0.698. The van der Waals surface area contributed by atoms with Crippen molar-refractivity contribution in [2.45, 2.75) is 32.2 Å². The van der Waals surface area contributed by atoms with Gasteiger partial charge in [-0.2, -0.15) is 0 Å². The van der Waals surface area contributed by atoms with E-state index in [1.165, 1.54) is 0 Å². The number of piperidine rings is 1. The lowest BCUT2D eigenvalue weighted by Crippen LogP contribution is -2.45. The van der Waals surface area contributed by atoms with E-state index >= 15 is 0 Å². The van der Waals surface area contributed by atoms with Crippen molar-refractivity contribution in [1.29, 1.82) is 0 Å². The van der Waals surface area contributed by atoms with E-state index in [9.17, 15) is 4.79 Å². The van der Waals surface area contributed by atoms with Crippen LogP contribution in [-0.4, -0.2) is 36.7 Å². The third-order valence-corrected chi connectivity index (χ3v) is 2.15. The Balaban J connectivity index is 2.28. The Morgan fingerprint density at radius 1 is 1.69 bits per heavy atom. The molecule has 0 aromatic rings. The molecule has 4 nitrogen and oxygen atoms in total. The maximum Gasteiger partial charge on any atom is 0.409 e. The van der Waals surface area contributed by atoms with E-state index < -0.39 is 0 Å². The van der Waals surface area contributed by atoms with E-state index in [-0.39, 0.29) is 12.1 Å². The van der Waals surface area contributed by atoms with Gasteiger partial charge < -0.3 is 15.4 Å². The van der Waals surface area contributed by atoms with E-state index in [0.29, 0.717) is 13.2 Å². The maximum absolute atomic E-state index is 11.4. The van der Waals surface area contributed by atoms with Crippen molar-refractivity contribution in [3.8, 4) is 0 Å². The van der Waals surface area contributed by atoms with Gasteiger partial charge >= 0.3 is 6.09 Å². The average Bonchev–Trinajstić information content (AvgIpc) is 2.14. The summed E-state index contributed by atoms with van der Waals surface area (Å²) in [6.07, 6.45) is 2.66. The average molecular weight is 186 g/mol. The number of carbonyl (C=O) groups excluding carboxylic acids is 1. The highest BCUT2D eigenvalue weighted by atomic mass is 16.6. The first-order valence-electron chi connectivity index (χ1n) is 4.91. The van der Waals surface area contributed by atoms with Crippen LogP contribution < -0.4 is 5.73 Å². The number of likely N-dealkylation sites (tertiary alicyclic amines) is 1. The molecule has 1 rings (SSSR count). The molecule has 1 aliphatic rings. The SMILES string of the molecule is CCCOC(=O)N1CCC[C@H](N)C1. The van der Waals surface area contributed by atoms with E-state index in [1.54, 1.807) is 4.90 Å². The van der Waals surface area contributed by atoms with Crippen molar-refractivity contribution in [3.63, 3.8) is 0 Å². The Labute approximate surface area is 79.0 Å². The zero-order chi connectivity index (χ0) is 9.68. The van der Waals surface area contributed by atoms with E-state index in [4.69, 9.17) is 10.5 Å². The molecule has 1 atom stereocenters. The fourth-order valence-electron chi connectivity index (χ4n) is 1.46. The molecule has 76 valence electrons. The fourth-order valence-corrected chi connectivity index (χ4v) is 1.46.